The van der Waals surface area contributed by atoms with Crippen molar-refractivity contribution in [3.63, 3.8) is 0 Å². The van der Waals surface area contributed by atoms with Gasteiger partial charge in [-0.2, -0.15) is 11.8 Å². The standard InChI is InChI=1S/C11H18N2O3S/c1-17-11(4-5-11)6-12-10(16)13-8(9(14)15)7-2-3-7/h7-8H,2-6H2,1H3,(H,14,15)(H2,12,13,16). The van der Waals surface area contributed by atoms with Crippen LogP contribution in [0, 0.1) is 5.92 Å². The Morgan fingerprint density at radius 2 is 2.12 bits per heavy atom. The van der Waals surface area contributed by atoms with E-state index in [4.69, 9.17) is 5.11 Å². The van der Waals surface area contributed by atoms with E-state index in [0.717, 1.165) is 25.7 Å². The fraction of sp³-hybridized carbons (Fsp3) is 0.818. The zero-order valence-corrected chi connectivity index (χ0v) is 10.7. The van der Waals surface area contributed by atoms with Crippen LogP contribution in [0.5, 0.6) is 0 Å². The summed E-state index contributed by atoms with van der Waals surface area (Å²) in [6, 6.07) is -1.08. The molecule has 0 bridgehead atoms. The minimum atomic E-state index is -0.936. The zero-order valence-electron chi connectivity index (χ0n) is 9.86. The molecule has 1 atom stereocenters. The lowest BCUT2D eigenvalue weighted by Crippen LogP contribution is -2.48. The van der Waals surface area contributed by atoms with Crippen LogP contribution < -0.4 is 10.6 Å². The number of carbonyl (C=O) groups excluding carboxylic acids is 1. The molecule has 0 spiro atoms. The molecular weight excluding hydrogens is 240 g/mol. The van der Waals surface area contributed by atoms with E-state index in [1.165, 1.54) is 0 Å². The van der Waals surface area contributed by atoms with Crippen molar-refractivity contribution < 1.29 is 14.7 Å². The Labute approximate surface area is 105 Å². The Balaban J connectivity index is 1.74. The number of aliphatic carboxylic acids is 1. The number of hydrogen-bond donors (Lipinski definition) is 3. The average Bonchev–Trinajstić information content (AvgIpc) is 3.15. The third-order valence-corrected chi connectivity index (χ3v) is 4.88. The van der Waals surface area contributed by atoms with Crippen molar-refractivity contribution in [2.45, 2.75) is 36.5 Å². The van der Waals surface area contributed by atoms with Gasteiger partial charge >= 0.3 is 12.0 Å². The highest BCUT2D eigenvalue weighted by molar-refractivity contribution is 8.00. The molecular formula is C11H18N2O3S. The van der Waals surface area contributed by atoms with Crippen LogP contribution in [-0.2, 0) is 4.79 Å². The maximum Gasteiger partial charge on any atom is 0.326 e. The Bertz CT molecular complexity index is 327. The molecule has 2 aliphatic rings. The molecule has 0 heterocycles. The number of carboxylic acids is 1. The van der Waals surface area contributed by atoms with Gasteiger partial charge in [0.2, 0.25) is 0 Å². The summed E-state index contributed by atoms with van der Waals surface area (Å²) in [5.74, 6) is -0.817. The van der Waals surface area contributed by atoms with E-state index < -0.39 is 12.0 Å². The van der Waals surface area contributed by atoms with Crippen molar-refractivity contribution >= 4 is 23.8 Å². The second-order valence-electron chi connectivity index (χ2n) is 4.87. The van der Waals surface area contributed by atoms with Gasteiger partial charge in [-0.15, -0.1) is 0 Å². The molecule has 5 nitrogen and oxygen atoms in total. The van der Waals surface area contributed by atoms with E-state index in [0.29, 0.717) is 6.54 Å². The summed E-state index contributed by atoms with van der Waals surface area (Å²) in [5.41, 5.74) is 0. The third kappa shape index (κ3) is 3.28. The molecule has 0 saturated heterocycles. The molecule has 0 aromatic carbocycles. The first kappa shape index (κ1) is 12.5. The number of urea groups is 1. The Kier molecular flexibility index (Phi) is 3.51. The van der Waals surface area contributed by atoms with Crippen molar-refractivity contribution in [2.75, 3.05) is 12.8 Å². The molecule has 1 unspecified atom stereocenters. The van der Waals surface area contributed by atoms with Gasteiger partial charge in [0.05, 0.1) is 0 Å². The number of carbonyl (C=O) groups is 2. The van der Waals surface area contributed by atoms with E-state index in [9.17, 15) is 9.59 Å². The van der Waals surface area contributed by atoms with E-state index in [1.54, 1.807) is 11.8 Å². The van der Waals surface area contributed by atoms with Gasteiger partial charge in [-0.25, -0.2) is 9.59 Å². The normalized spacial score (nSPS) is 22.6. The minimum absolute atomic E-state index is 0.119. The van der Waals surface area contributed by atoms with Gasteiger partial charge in [-0.3, -0.25) is 0 Å². The van der Waals surface area contributed by atoms with Gasteiger partial charge in [0, 0.05) is 11.3 Å². The van der Waals surface area contributed by atoms with Crippen LogP contribution in [0.1, 0.15) is 25.7 Å². The van der Waals surface area contributed by atoms with Gasteiger partial charge < -0.3 is 15.7 Å². The predicted molar refractivity (Wildman–Crippen MR) is 66.2 cm³/mol. The number of nitrogens with one attached hydrogen (secondary N) is 2. The first-order valence-electron chi connectivity index (χ1n) is 5.89. The van der Waals surface area contributed by atoms with Crippen molar-refractivity contribution in [3.8, 4) is 0 Å². The van der Waals surface area contributed by atoms with Crippen LogP contribution in [0.3, 0.4) is 0 Å². The molecule has 2 rings (SSSR count). The van der Waals surface area contributed by atoms with E-state index in [-0.39, 0.29) is 16.7 Å². The van der Waals surface area contributed by atoms with E-state index in [1.807, 2.05) is 6.26 Å². The molecule has 96 valence electrons. The van der Waals surface area contributed by atoms with E-state index >= 15 is 0 Å². The first-order valence-corrected chi connectivity index (χ1v) is 7.11. The summed E-state index contributed by atoms with van der Waals surface area (Å²) in [6.45, 7) is 0.622. The highest BCUT2D eigenvalue weighted by Gasteiger charge is 2.42. The van der Waals surface area contributed by atoms with Gasteiger partial charge in [0.15, 0.2) is 0 Å². The largest absolute Gasteiger partial charge is 0.480 e. The summed E-state index contributed by atoms with van der Waals surface area (Å²) in [4.78, 5) is 22.5. The van der Waals surface area contributed by atoms with Crippen LogP contribution in [-0.4, -0.2) is 40.7 Å². The highest BCUT2D eigenvalue weighted by Crippen LogP contribution is 2.46. The molecule has 0 aromatic rings. The lowest BCUT2D eigenvalue weighted by molar-refractivity contribution is -0.139. The van der Waals surface area contributed by atoms with Crippen LogP contribution >= 0.6 is 11.8 Å². The second-order valence-corrected chi connectivity index (χ2v) is 6.14. The van der Waals surface area contributed by atoms with Crippen molar-refractivity contribution in [2.24, 2.45) is 5.92 Å². The zero-order chi connectivity index (χ0) is 12.5. The van der Waals surface area contributed by atoms with Crippen molar-refractivity contribution in [1.29, 1.82) is 0 Å². The maximum absolute atomic E-state index is 11.6. The SMILES string of the molecule is CSC1(CNC(=O)NC(C(=O)O)C2CC2)CC1. The molecule has 6 heteroatoms. The molecule has 2 saturated carbocycles. The van der Waals surface area contributed by atoms with Crippen molar-refractivity contribution in [1.82, 2.24) is 10.6 Å². The summed E-state index contributed by atoms with van der Waals surface area (Å²) in [7, 11) is 0. The fourth-order valence-corrected chi connectivity index (χ4v) is 2.56. The van der Waals surface area contributed by atoms with Crippen LogP contribution in [0.4, 0.5) is 4.79 Å². The molecule has 2 aliphatic carbocycles. The number of carboxylic acid groups (broad SMARTS) is 1. The Hall–Kier alpha value is -0.910. The molecule has 0 aliphatic heterocycles. The maximum atomic E-state index is 11.6. The third-order valence-electron chi connectivity index (χ3n) is 3.46. The first-order chi connectivity index (χ1) is 8.06. The number of thioether (sulfide) groups is 1. The number of hydrogen-bond acceptors (Lipinski definition) is 3. The summed E-state index contributed by atoms with van der Waals surface area (Å²) < 4.78 is 0.204. The number of amides is 2. The molecule has 2 fully saturated rings. The second kappa shape index (κ2) is 4.76. The highest BCUT2D eigenvalue weighted by atomic mass is 32.2. The Morgan fingerprint density at radius 3 is 2.53 bits per heavy atom. The number of rotatable bonds is 6. The molecule has 17 heavy (non-hydrogen) atoms. The van der Waals surface area contributed by atoms with Crippen LogP contribution in [0.2, 0.25) is 0 Å². The lowest BCUT2D eigenvalue weighted by Gasteiger charge is -2.17. The Morgan fingerprint density at radius 1 is 1.47 bits per heavy atom. The van der Waals surface area contributed by atoms with Crippen molar-refractivity contribution in [3.05, 3.63) is 0 Å². The quantitative estimate of drug-likeness (QED) is 0.665. The molecule has 0 radical (unpaired) electrons. The molecule has 0 aromatic heterocycles. The summed E-state index contributed by atoms with van der Waals surface area (Å²) in [5, 5.41) is 14.3. The molecule has 3 N–H and O–H groups in total. The lowest BCUT2D eigenvalue weighted by atomic mass is 10.2. The fourth-order valence-electron chi connectivity index (χ4n) is 1.84. The topological polar surface area (TPSA) is 78.4 Å². The predicted octanol–water partition coefficient (Wildman–Crippen LogP) is 1.04. The van der Waals surface area contributed by atoms with Gasteiger partial charge in [0.1, 0.15) is 6.04 Å². The smallest absolute Gasteiger partial charge is 0.326 e. The van der Waals surface area contributed by atoms with Crippen LogP contribution in [0.15, 0.2) is 0 Å². The molecule has 2 amide bonds. The van der Waals surface area contributed by atoms with Gasteiger partial charge in [0.25, 0.3) is 0 Å². The monoisotopic (exact) mass is 258 g/mol. The average molecular weight is 258 g/mol. The summed E-state index contributed by atoms with van der Waals surface area (Å²) >= 11 is 1.77. The minimum Gasteiger partial charge on any atom is -0.480 e. The van der Waals surface area contributed by atoms with Gasteiger partial charge in [-0.1, -0.05) is 0 Å². The summed E-state index contributed by atoms with van der Waals surface area (Å²) in [6.07, 6.45) is 6.08. The van der Waals surface area contributed by atoms with E-state index in [2.05, 4.69) is 10.6 Å². The van der Waals surface area contributed by atoms with Crippen LogP contribution in [0.25, 0.3) is 0 Å². The van der Waals surface area contributed by atoms with Gasteiger partial charge in [-0.05, 0) is 37.9 Å².